The van der Waals surface area contributed by atoms with Crippen LogP contribution in [0, 0.1) is 0 Å². The van der Waals surface area contributed by atoms with Crippen LogP contribution in [0.2, 0.25) is 5.02 Å². The van der Waals surface area contributed by atoms with E-state index in [1.165, 1.54) is 0 Å². The zero-order valence-corrected chi connectivity index (χ0v) is 10.4. The van der Waals surface area contributed by atoms with Crippen molar-refractivity contribution in [2.24, 2.45) is 0 Å². The highest BCUT2D eigenvalue weighted by Crippen LogP contribution is 2.21. The Bertz CT molecular complexity index is 352. The minimum absolute atomic E-state index is 0.0502. The predicted octanol–water partition coefficient (Wildman–Crippen LogP) is 2.73. The van der Waals surface area contributed by atoms with E-state index in [1.54, 1.807) is 25.1 Å². The van der Waals surface area contributed by atoms with Gasteiger partial charge in [-0.05, 0) is 17.7 Å². The van der Waals surface area contributed by atoms with Crippen LogP contribution in [0.1, 0.15) is 5.56 Å². The van der Waals surface area contributed by atoms with Crippen molar-refractivity contribution in [1.82, 2.24) is 4.90 Å². The van der Waals surface area contributed by atoms with E-state index < -0.39 is 0 Å². The summed E-state index contributed by atoms with van der Waals surface area (Å²) in [6, 6.07) is 5.53. The monoisotopic (exact) mass is 275 g/mol. The Hall–Kier alpha value is -0.540. The minimum atomic E-state index is 0.0502. The Labute approximate surface area is 97.0 Å². The van der Waals surface area contributed by atoms with E-state index in [9.17, 15) is 4.79 Å². The van der Waals surface area contributed by atoms with E-state index in [0.717, 1.165) is 10.0 Å². The van der Waals surface area contributed by atoms with E-state index >= 15 is 0 Å². The third-order valence-corrected chi connectivity index (χ3v) is 2.70. The van der Waals surface area contributed by atoms with E-state index in [1.807, 2.05) is 12.1 Å². The topological polar surface area (TPSA) is 20.3 Å². The average molecular weight is 277 g/mol. The molecule has 0 aromatic heterocycles. The van der Waals surface area contributed by atoms with Gasteiger partial charge in [-0.2, -0.15) is 0 Å². The van der Waals surface area contributed by atoms with Crippen LogP contribution in [-0.4, -0.2) is 24.9 Å². The molecule has 76 valence electrons. The molecule has 0 unspecified atom stereocenters. The molecule has 0 fully saturated rings. The van der Waals surface area contributed by atoms with Gasteiger partial charge in [-0.15, -0.1) is 0 Å². The van der Waals surface area contributed by atoms with Crippen molar-refractivity contribution < 1.29 is 4.79 Å². The number of carbonyl (C=O) groups excluding carboxylic acids is 1. The van der Waals surface area contributed by atoms with E-state index in [2.05, 4.69) is 15.9 Å². The third-order valence-electron chi connectivity index (χ3n) is 1.86. The molecule has 0 N–H and O–H groups in total. The number of rotatable bonds is 2. The molecule has 14 heavy (non-hydrogen) atoms. The normalized spacial score (nSPS) is 10.0. The number of benzene rings is 1. The standard InChI is InChI=1S/C10H11BrClNO/c1-13(2)10(14)5-7-3-4-8(11)6-9(7)12/h3-4,6H,5H2,1-2H3. The van der Waals surface area contributed by atoms with Crippen LogP contribution >= 0.6 is 27.5 Å². The van der Waals surface area contributed by atoms with Gasteiger partial charge in [-0.25, -0.2) is 0 Å². The molecule has 0 aliphatic carbocycles. The van der Waals surface area contributed by atoms with Gasteiger partial charge in [0.15, 0.2) is 0 Å². The van der Waals surface area contributed by atoms with Gasteiger partial charge in [0.2, 0.25) is 5.91 Å². The number of amides is 1. The zero-order valence-electron chi connectivity index (χ0n) is 8.05. The van der Waals surface area contributed by atoms with Crippen LogP contribution < -0.4 is 0 Å². The first-order valence-corrected chi connectivity index (χ1v) is 5.32. The van der Waals surface area contributed by atoms with E-state index in [4.69, 9.17) is 11.6 Å². The highest BCUT2D eigenvalue weighted by atomic mass is 79.9. The highest BCUT2D eigenvalue weighted by Gasteiger charge is 2.08. The Morgan fingerprint density at radius 1 is 1.50 bits per heavy atom. The number of carbonyl (C=O) groups is 1. The summed E-state index contributed by atoms with van der Waals surface area (Å²) < 4.78 is 0.920. The summed E-state index contributed by atoms with van der Waals surface area (Å²) in [5.74, 6) is 0.0502. The second kappa shape index (κ2) is 4.80. The van der Waals surface area contributed by atoms with Crippen molar-refractivity contribution in [2.45, 2.75) is 6.42 Å². The molecule has 0 heterocycles. The molecule has 0 atom stereocenters. The van der Waals surface area contributed by atoms with Crippen LogP contribution in [0.4, 0.5) is 0 Å². The van der Waals surface area contributed by atoms with Gasteiger partial charge >= 0.3 is 0 Å². The fraction of sp³-hybridized carbons (Fsp3) is 0.300. The summed E-state index contributed by atoms with van der Waals surface area (Å²) in [6.45, 7) is 0. The molecule has 4 heteroatoms. The Morgan fingerprint density at radius 3 is 2.64 bits per heavy atom. The van der Waals surface area contributed by atoms with Crippen LogP contribution in [0.15, 0.2) is 22.7 Å². The molecule has 0 aliphatic heterocycles. The molecule has 1 rings (SSSR count). The van der Waals surface area contributed by atoms with E-state index in [0.29, 0.717) is 11.4 Å². The number of halogens is 2. The lowest BCUT2D eigenvalue weighted by Crippen LogP contribution is -2.23. The first-order valence-electron chi connectivity index (χ1n) is 4.15. The first kappa shape index (κ1) is 11.5. The second-order valence-electron chi connectivity index (χ2n) is 3.20. The van der Waals surface area contributed by atoms with Crippen LogP contribution in [0.25, 0.3) is 0 Å². The number of hydrogen-bond acceptors (Lipinski definition) is 1. The lowest BCUT2D eigenvalue weighted by molar-refractivity contribution is -0.127. The maximum absolute atomic E-state index is 11.4. The maximum atomic E-state index is 11.4. The second-order valence-corrected chi connectivity index (χ2v) is 4.52. The van der Waals surface area contributed by atoms with Crippen molar-refractivity contribution in [1.29, 1.82) is 0 Å². The highest BCUT2D eigenvalue weighted by molar-refractivity contribution is 9.10. The van der Waals surface area contributed by atoms with Gasteiger partial charge in [0, 0.05) is 23.6 Å². The summed E-state index contributed by atoms with van der Waals surface area (Å²) in [4.78, 5) is 13.0. The van der Waals surface area contributed by atoms with Crippen molar-refractivity contribution >= 4 is 33.4 Å². The Balaban J connectivity index is 2.82. The van der Waals surface area contributed by atoms with Gasteiger partial charge in [0.05, 0.1) is 6.42 Å². The van der Waals surface area contributed by atoms with Gasteiger partial charge in [-0.3, -0.25) is 4.79 Å². The smallest absolute Gasteiger partial charge is 0.226 e. The Morgan fingerprint density at radius 2 is 2.14 bits per heavy atom. The fourth-order valence-corrected chi connectivity index (χ4v) is 1.73. The van der Waals surface area contributed by atoms with Crippen molar-refractivity contribution in [3.8, 4) is 0 Å². The van der Waals surface area contributed by atoms with Crippen LogP contribution in [-0.2, 0) is 11.2 Å². The van der Waals surface area contributed by atoms with Crippen LogP contribution in [0.5, 0.6) is 0 Å². The van der Waals surface area contributed by atoms with Gasteiger partial charge < -0.3 is 4.90 Å². The van der Waals surface area contributed by atoms with Crippen LogP contribution in [0.3, 0.4) is 0 Å². The van der Waals surface area contributed by atoms with Crippen molar-refractivity contribution in [2.75, 3.05) is 14.1 Å². The fourth-order valence-electron chi connectivity index (χ4n) is 0.986. The molecule has 1 aromatic rings. The quantitative estimate of drug-likeness (QED) is 0.813. The Kier molecular flexibility index (Phi) is 3.96. The molecule has 0 saturated carbocycles. The maximum Gasteiger partial charge on any atom is 0.226 e. The summed E-state index contributed by atoms with van der Waals surface area (Å²) in [7, 11) is 3.46. The number of hydrogen-bond donors (Lipinski definition) is 0. The zero-order chi connectivity index (χ0) is 10.7. The molecule has 1 amide bonds. The van der Waals surface area contributed by atoms with Gasteiger partial charge in [0.25, 0.3) is 0 Å². The van der Waals surface area contributed by atoms with Crippen molar-refractivity contribution in [3.63, 3.8) is 0 Å². The number of nitrogens with zero attached hydrogens (tertiary/aromatic N) is 1. The molecular weight excluding hydrogens is 265 g/mol. The summed E-state index contributed by atoms with van der Waals surface area (Å²) in [5, 5.41) is 0.620. The lowest BCUT2D eigenvalue weighted by Gasteiger charge is -2.10. The third kappa shape index (κ3) is 3.00. The molecule has 0 aliphatic rings. The summed E-state index contributed by atoms with van der Waals surface area (Å²) in [5.41, 5.74) is 0.855. The van der Waals surface area contributed by atoms with Crippen molar-refractivity contribution in [3.05, 3.63) is 33.3 Å². The summed E-state index contributed by atoms with van der Waals surface area (Å²) in [6.07, 6.45) is 0.346. The number of likely N-dealkylation sites (N-methyl/N-ethyl adjacent to an activating group) is 1. The van der Waals surface area contributed by atoms with Gasteiger partial charge in [-0.1, -0.05) is 33.6 Å². The first-order chi connectivity index (χ1) is 6.50. The molecule has 0 spiro atoms. The molecule has 2 nitrogen and oxygen atoms in total. The molecule has 0 saturated heterocycles. The van der Waals surface area contributed by atoms with E-state index in [-0.39, 0.29) is 5.91 Å². The SMILES string of the molecule is CN(C)C(=O)Cc1ccc(Br)cc1Cl. The molecule has 1 aromatic carbocycles. The lowest BCUT2D eigenvalue weighted by atomic mass is 10.1. The summed E-state index contributed by atoms with van der Waals surface area (Å²) >= 11 is 9.29. The minimum Gasteiger partial charge on any atom is -0.349 e. The predicted molar refractivity (Wildman–Crippen MR) is 61.6 cm³/mol. The molecule has 0 bridgehead atoms. The van der Waals surface area contributed by atoms with Gasteiger partial charge in [0.1, 0.15) is 0 Å². The average Bonchev–Trinajstić information content (AvgIpc) is 2.09. The molecular formula is C10H11BrClNO. The largest absolute Gasteiger partial charge is 0.349 e. The molecule has 0 radical (unpaired) electrons.